The van der Waals surface area contributed by atoms with Gasteiger partial charge in [0.1, 0.15) is 5.75 Å². The lowest BCUT2D eigenvalue weighted by atomic mass is 10.0. The zero-order valence-corrected chi connectivity index (χ0v) is 11.5. The van der Waals surface area contributed by atoms with Crippen LogP contribution in [0.5, 0.6) is 5.75 Å². The van der Waals surface area contributed by atoms with Crippen molar-refractivity contribution in [1.29, 1.82) is 0 Å². The van der Waals surface area contributed by atoms with Gasteiger partial charge in [0.2, 0.25) is 0 Å². The Morgan fingerprint density at radius 2 is 1.61 bits per heavy atom. The minimum absolute atomic E-state index is 0.249. The molecule has 2 aromatic carbocycles. The molecule has 0 amide bonds. The molecule has 1 unspecified atom stereocenters. The molecular weight excluding hydrogens is 292 g/mol. The van der Waals surface area contributed by atoms with E-state index in [0.717, 1.165) is 15.6 Å². The predicted octanol–water partition coefficient (Wildman–Crippen LogP) is 3.30. The van der Waals surface area contributed by atoms with E-state index in [1.54, 1.807) is 12.1 Å². The summed E-state index contributed by atoms with van der Waals surface area (Å²) in [5.74, 6) is 0.249. The highest BCUT2D eigenvalue weighted by Crippen LogP contribution is 2.19. The van der Waals surface area contributed by atoms with Gasteiger partial charge in [-0.2, -0.15) is 0 Å². The molecule has 2 rings (SSSR count). The molecule has 18 heavy (non-hydrogen) atoms. The lowest BCUT2D eigenvalue weighted by molar-refractivity contribution is 0.175. The zero-order valence-electron chi connectivity index (χ0n) is 9.88. The van der Waals surface area contributed by atoms with E-state index in [9.17, 15) is 10.2 Å². The number of phenols is 1. The van der Waals surface area contributed by atoms with Crippen LogP contribution in [0.1, 0.15) is 11.1 Å². The molecule has 2 nitrogen and oxygen atoms in total. The Balaban J connectivity index is 1.99. The lowest BCUT2D eigenvalue weighted by Gasteiger charge is -2.12. The number of phenolic OH excluding ortho intramolecular Hbond substituents is 1. The third-order valence-electron chi connectivity index (χ3n) is 2.82. The average molecular weight is 307 g/mol. The molecule has 0 aliphatic rings. The van der Waals surface area contributed by atoms with Gasteiger partial charge in [0.15, 0.2) is 0 Å². The number of aliphatic hydroxyl groups excluding tert-OH is 1. The molecule has 0 saturated heterocycles. The van der Waals surface area contributed by atoms with Crippen LogP contribution >= 0.6 is 15.9 Å². The molecule has 3 heteroatoms. The van der Waals surface area contributed by atoms with Crippen molar-refractivity contribution in [2.45, 2.75) is 18.9 Å². The van der Waals surface area contributed by atoms with Gasteiger partial charge in [-0.25, -0.2) is 0 Å². The summed E-state index contributed by atoms with van der Waals surface area (Å²) in [6.07, 6.45) is 0.775. The first kappa shape index (κ1) is 13.1. The number of aromatic hydroxyl groups is 1. The summed E-state index contributed by atoms with van der Waals surface area (Å²) < 4.78 is 1.02. The van der Waals surface area contributed by atoms with Gasteiger partial charge in [-0.3, -0.25) is 0 Å². The Labute approximate surface area is 115 Å². The molecule has 0 aliphatic heterocycles. The van der Waals surface area contributed by atoms with E-state index in [1.165, 1.54) is 0 Å². The minimum atomic E-state index is -0.423. The standard InChI is InChI=1S/C15H15BrO2/c16-15-4-2-1-3-12(15)10-14(18)9-11-5-7-13(17)8-6-11/h1-8,14,17-18H,9-10H2. The highest BCUT2D eigenvalue weighted by molar-refractivity contribution is 9.10. The first-order chi connectivity index (χ1) is 8.65. The fourth-order valence-corrected chi connectivity index (χ4v) is 2.34. The topological polar surface area (TPSA) is 40.5 Å². The summed E-state index contributed by atoms with van der Waals surface area (Å²) in [5.41, 5.74) is 2.12. The Kier molecular flexibility index (Phi) is 4.39. The maximum absolute atomic E-state index is 10.1. The summed E-state index contributed by atoms with van der Waals surface area (Å²) in [6.45, 7) is 0. The molecule has 2 aromatic rings. The second-order valence-corrected chi connectivity index (χ2v) is 5.17. The number of benzene rings is 2. The van der Waals surface area contributed by atoms with E-state index < -0.39 is 6.10 Å². The predicted molar refractivity (Wildman–Crippen MR) is 75.7 cm³/mol. The van der Waals surface area contributed by atoms with E-state index in [2.05, 4.69) is 15.9 Å². The molecule has 0 spiro atoms. The third kappa shape index (κ3) is 3.59. The van der Waals surface area contributed by atoms with Crippen molar-refractivity contribution < 1.29 is 10.2 Å². The number of rotatable bonds is 4. The average Bonchev–Trinajstić information content (AvgIpc) is 2.35. The van der Waals surface area contributed by atoms with Gasteiger partial charge >= 0.3 is 0 Å². The van der Waals surface area contributed by atoms with Crippen LogP contribution in [-0.4, -0.2) is 16.3 Å². The number of hydrogen-bond donors (Lipinski definition) is 2. The third-order valence-corrected chi connectivity index (χ3v) is 3.59. The maximum Gasteiger partial charge on any atom is 0.115 e. The molecule has 0 aliphatic carbocycles. The largest absolute Gasteiger partial charge is 0.508 e. The van der Waals surface area contributed by atoms with Crippen LogP contribution in [0, 0.1) is 0 Å². The molecule has 0 fully saturated rings. The number of halogens is 1. The van der Waals surface area contributed by atoms with Gasteiger partial charge in [-0.05, 0) is 42.2 Å². The minimum Gasteiger partial charge on any atom is -0.508 e. The van der Waals surface area contributed by atoms with Crippen LogP contribution in [0.2, 0.25) is 0 Å². The Hall–Kier alpha value is -1.32. The molecule has 0 heterocycles. The molecule has 0 saturated carbocycles. The van der Waals surface area contributed by atoms with Crippen LogP contribution < -0.4 is 0 Å². The van der Waals surface area contributed by atoms with Crippen LogP contribution in [-0.2, 0) is 12.8 Å². The van der Waals surface area contributed by atoms with E-state index >= 15 is 0 Å². The fraction of sp³-hybridized carbons (Fsp3) is 0.200. The van der Waals surface area contributed by atoms with Crippen LogP contribution in [0.4, 0.5) is 0 Å². The number of aliphatic hydroxyl groups is 1. The SMILES string of the molecule is Oc1ccc(CC(O)Cc2ccccc2Br)cc1. The highest BCUT2D eigenvalue weighted by Gasteiger charge is 2.09. The smallest absolute Gasteiger partial charge is 0.115 e. The Morgan fingerprint density at radius 3 is 2.28 bits per heavy atom. The molecule has 2 N–H and O–H groups in total. The van der Waals surface area contributed by atoms with Crippen molar-refractivity contribution in [3.8, 4) is 5.75 Å². The van der Waals surface area contributed by atoms with Crippen LogP contribution in [0.25, 0.3) is 0 Å². The molecule has 94 valence electrons. The Bertz CT molecular complexity index is 508. The van der Waals surface area contributed by atoms with Crippen molar-refractivity contribution in [2.75, 3.05) is 0 Å². The molecular formula is C15H15BrO2. The van der Waals surface area contributed by atoms with Gasteiger partial charge in [0.25, 0.3) is 0 Å². The van der Waals surface area contributed by atoms with Crippen molar-refractivity contribution in [3.63, 3.8) is 0 Å². The summed E-state index contributed by atoms with van der Waals surface area (Å²) in [7, 11) is 0. The van der Waals surface area contributed by atoms with Gasteiger partial charge < -0.3 is 10.2 Å². The van der Waals surface area contributed by atoms with Crippen molar-refractivity contribution in [1.82, 2.24) is 0 Å². The van der Waals surface area contributed by atoms with Crippen molar-refractivity contribution in [3.05, 3.63) is 64.1 Å². The fourth-order valence-electron chi connectivity index (χ4n) is 1.89. The second kappa shape index (κ2) is 6.03. The molecule has 0 radical (unpaired) electrons. The zero-order chi connectivity index (χ0) is 13.0. The normalized spacial score (nSPS) is 12.3. The van der Waals surface area contributed by atoms with Crippen molar-refractivity contribution in [2.24, 2.45) is 0 Å². The van der Waals surface area contributed by atoms with Gasteiger partial charge in [-0.15, -0.1) is 0 Å². The molecule has 0 bridgehead atoms. The van der Waals surface area contributed by atoms with Gasteiger partial charge in [-0.1, -0.05) is 46.3 Å². The first-order valence-electron chi connectivity index (χ1n) is 5.84. The molecule has 1 atom stereocenters. The molecule has 0 aromatic heterocycles. The second-order valence-electron chi connectivity index (χ2n) is 4.32. The lowest BCUT2D eigenvalue weighted by Crippen LogP contribution is -2.14. The van der Waals surface area contributed by atoms with Crippen molar-refractivity contribution >= 4 is 15.9 Å². The van der Waals surface area contributed by atoms with Gasteiger partial charge in [0, 0.05) is 4.47 Å². The van der Waals surface area contributed by atoms with E-state index in [0.29, 0.717) is 12.8 Å². The summed E-state index contributed by atoms with van der Waals surface area (Å²) >= 11 is 3.48. The summed E-state index contributed by atoms with van der Waals surface area (Å²) in [6, 6.07) is 14.8. The van der Waals surface area contributed by atoms with E-state index in [4.69, 9.17) is 0 Å². The van der Waals surface area contributed by atoms with Crippen LogP contribution in [0.15, 0.2) is 53.0 Å². The van der Waals surface area contributed by atoms with E-state index in [-0.39, 0.29) is 5.75 Å². The van der Waals surface area contributed by atoms with Crippen LogP contribution in [0.3, 0.4) is 0 Å². The van der Waals surface area contributed by atoms with Gasteiger partial charge in [0.05, 0.1) is 6.10 Å². The maximum atomic E-state index is 10.1. The monoisotopic (exact) mass is 306 g/mol. The summed E-state index contributed by atoms with van der Waals surface area (Å²) in [5, 5.41) is 19.3. The van der Waals surface area contributed by atoms with E-state index in [1.807, 2.05) is 36.4 Å². The quantitative estimate of drug-likeness (QED) is 0.910. The first-order valence-corrected chi connectivity index (χ1v) is 6.64. The highest BCUT2D eigenvalue weighted by atomic mass is 79.9. The Morgan fingerprint density at radius 1 is 0.944 bits per heavy atom. The summed E-state index contributed by atoms with van der Waals surface area (Å²) in [4.78, 5) is 0. The number of hydrogen-bond acceptors (Lipinski definition) is 2.